The summed E-state index contributed by atoms with van der Waals surface area (Å²) in [5.74, 6) is -1.02. The molecule has 5 heteroatoms. The van der Waals surface area contributed by atoms with Gasteiger partial charge in [0.15, 0.2) is 0 Å². The summed E-state index contributed by atoms with van der Waals surface area (Å²) in [7, 11) is 0. The SMILES string of the molecule is O=C(O)c1ccc(Nc2ccc(I)cc2)cn1. The zero-order valence-corrected chi connectivity index (χ0v) is 10.9. The van der Waals surface area contributed by atoms with Crippen LogP contribution in [0.3, 0.4) is 0 Å². The number of hydrogen-bond acceptors (Lipinski definition) is 3. The van der Waals surface area contributed by atoms with Crippen LogP contribution in [0.1, 0.15) is 10.5 Å². The summed E-state index contributed by atoms with van der Waals surface area (Å²) in [6, 6.07) is 11.0. The van der Waals surface area contributed by atoms with E-state index in [9.17, 15) is 4.79 Å². The van der Waals surface area contributed by atoms with E-state index in [1.807, 2.05) is 24.3 Å². The van der Waals surface area contributed by atoms with Crippen molar-refractivity contribution in [3.8, 4) is 0 Å². The van der Waals surface area contributed by atoms with Gasteiger partial charge >= 0.3 is 5.97 Å². The van der Waals surface area contributed by atoms with Crippen molar-refractivity contribution in [1.29, 1.82) is 0 Å². The van der Waals surface area contributed by atoms with E-state index < -0.39 is 5.97 Å². The first-order valence-electron chi connectivity index (χ1n) is 4.87. The maximum atomic E-state index is 10.6. The lowest BCUT2D eigenvalue weighted by Crippen LogP contribution is -2.00. The lowest BCUT2D eigenvalue weighted by Gasteiger charge is -2.05. The number of halogens is 1. The molecule has 0 radical (unpaired) electrons. The molecule has 4 nitrogen and oxygen atoms in total. The van der Waals surface area contributed by atoms with Gasteiger partial charge in [-0.05, 0) is 59.0 Å². The molecule has 0 atom stereocenters. The van der Waals surface area contributed by atoms with Crippen molar-refractivity contribution in [2.75, 3.05) is 5.32 Å². The number of benzene rings is 1. The minimum absolute atomic E-state index is 0.0400. The van der Waals surface area contributed by atoms with Gasteiger partial charge in [0, 0.05) is 9.26 Å². The number of rotatable bonds is 3. The van der Waals surface area contributed by atoms with Gasteiger partial charge in [-0.2, -0.15) is 0 Å². The number of nitrogens with zero attached hydrogens (tertiary/aromatic N) is 1. The van der Waals surface area contributed by atoms with E-state index in [0.717, 1.165) is 14.9 Å². The zero-order valence-electron chi connectivity index (χ0n) is 8.72. The van der Waals surface area contributed by atoms with Gasteiger partial charge in [0.25, 0.3) is 0 Å². The Kier molecular flexibility index (Phi) is 3.58. The molecule has 2 aromatic rings. The van der Waals surface area contributed by atoms with Crippen LogP contribution < -0.4 is 5.32 Å². The topological polar surface area (TPSA) is 62.2 Å². The Morgan fingerprint density at radius 2 is 1.76 bits per heavy atom. The van der Waals surface area contributed by atoms with Crippen LogP contribution in [0.15, 0.2) is 42.6 Å². The highest BCUT2D eigenvalue weighted by atomic mass is 127. The molecule has 2 N–H and O–H groups in total. The van der Waals surface area contributed by atoms with Crippen LogP contribution in [0.25, 0.3) is 0 Å². The molecule has 17 heavy (non-hydrogen) atoms. The van der Waals surface area contributed by atoms with Crippen molar-refractivity contribution in [3.05, 3.63) is 51.9 Å². The Hall–Kier alpha value is -1.63. The fraction of sp³-hybridized carbons (Fsp3) is 0. The Morgan fingerprint density at radius 3 is 2.29 bits per heavy atom. The molecule has 1 heterocycles. The summed E-state index contributed by atoms with van der Waals surface area (Å²) in [6.07, 6.45) is 1.50. The fourth-order valence-corrected chi connectivity index (χ4v) is 1.65. The average molecular weight is 340 g/mol. The van der Waals surface area contributed by atoms with Crippen molar-refractivity contribution in [3.63, 3.8) is 0 Å². The largest absolute Gasteiger partial charge is 0.477 e. The first kappa shape index (κ1) is 11.8. The molecule has 0 fully saturated rings. The minimum atomic E-state index is -1.02. The monoisotopic (exact) mass is 340 g/mol. The van der Waals surface area contributed by atoms with Gasteiger partial charge in [0.05, 0.1) is 11.9 Å². The Bertz CT molecular complexity index is 523. The quantitative estimate of drug-likeness (QED) is 0.843. The molecule has 1 aromatic heterocycles. The molecule has 86 valence electrons. The van der Waals surface area contributed by atoms with E-state index in [4.69, 9.17) is 5.11 Å². The Morgan fingerprint density at radius 1 is 1.12 bits per heavy atom. The van der Waals surface area contributed by atoms with E-state index in [1.165, 1.54) is 12.3 Å². The third-order valence-corrected chi connectivity index (χ3v) is 2.83. The van der Waals surface area contributed by atoms with Gasteiger partial charge in [-0.15, -0.1) is 0 Å². The van der Waals surface area contributed by atoms with Gasteiger partial charge in [-0.25, -0.2) is 9.78 Å². The predicted molar refractivity (Wildman–Crippen MR) is 73.6 cm³/mol. The second-order valence-corrected chi connectivity index (χ2v) is 4.61. The summed E-state index contributed by atoms with van der Waals surface area (Å²) < 4.78 is 1.16. The predicted octanol–water partition coefficient (Wildman–Crippen LogP) is 3.13. The number of hydrogen-bond donors (Lipinski definition) is 2. The molecule has 0 saturated carbocycles. The van der Waals surface area contributed by atoms with Gasteiger partial charge in [-0.3, -0.25) is 0 Å². The van der Waals surface area contributed by atoms with Gasteiger partial charge in [-0.1, -0.05) is 0 Å². The molecule has 0 aliphatic heterocycles. The highest BCUT2D eigenvalue weighted by Crippen LogP contribution is 2.17. The molecule has 2 rings (SSSR count). The number of pyridine rings is 1. The smallest absolute Gasteiger partial charge is 0.354 e. The molecular weight excluding hydrogens is 331 g/mol. The standard InChI is InChI=1S/C12H9IN2O2/c13-8-1-3-9(4-2-8)15-10-5-6-11(12(16)17)14-7-10/h1-7,15H,(H,16,17). The highest BCUT2D eigenvalue weighted by molar-refractivity contribution is 14.1. The Labute approximate surface area is 112 Å². The highest BCUT2D eigenvalue weighted by Gasteiger charge is 2.03. The second-order valence-electron chi connectivity index (χ2n) is 3.37. The first-order chi connectivity index (χ1) is 8.15. The summed E-state index contributed by atoms with van der Waals surface area (Å²) in [6.45, 7) is 0. The molecule has 0 saturated heterocycles. The summed E-state index contributed by atoms with van der Waals surface area (Å²) >= 11 is 2.23. The van der Waals surface area contributed by atoms with E-state index in [2.05, 4.69) is 32.9 Å². The number of anilines is 2. The molecule has 1 aromatic carbocycles. The summed E-state index contributed by atoms with van der Waals surface area (Å²) in [5, 5.41) is 11.9. The summed E-state index contributed by atoms with van der Waals surface area (Å²) in [5.41, 5.74) is 1.74. The molecule has 0 spiro atoms. The molecule has 0 aliphatic rings. The van der Waals surface area contributed by atoms with Crippen LogP contribution in [0, 0.1) is 3.57 Å². The van der Waals surface area contributed by atoms with Crippen molar-refractivity contribution in [2.45, 2.75) is 0 Å². The van der Waals surface area contributed by atoms with Crippen LogP contribution in [-0.2, 0) is 0 Å². The van der Waals surface area contributed by atoms with Gasteiger partial charge < -0.3 is 10.4 Å². The van der Waals surface area contributed by atoms with Gasteiger partial charge in [0.2, 0.25) is 0 Å². The second kappa shape index (κ2) is 5.13. The van der Waals surface area contributed by atoms with Crippen LogP contribution in [0.4, 0.5) is 11.4 Å². The van der Waals surface area contributed by atoms with E-state index >= 15 is 0 Å². The molecular formula is C12H9IN2O2. The normalized spacial score (nSPS) is 9.94. The van der Waals surface area contributed by atoms with Crippen molar-refractivity contribution in [2.24, 2.45) is 0 Å². The lowest BCUT2D eigenvalue weighted by atomic mass is 10.3. The van der Waals surface area contributed by atoms with E-state index in [1.54, 1.807) is 6.07 Å². The lowest BCUT2D eigenvalue weighted by molar-refractivity contribution is 0.0690. The maximum Gasteiger partial charge on any atom is 0.354 e. The average Bonchev–Trinajstić information content (AvgIpc) is 2.33. The van der Waals surface area contributed by atoms with Crippen molar-refractivity contribution < 1.29 is 9.90 Å². The van der Waals surface area contributed by atoms with Gasteiger partial charge in [0.1, 0.15) is 5.69 Å². The minimum Gasteiger partial charge on any atom is -0.477 e. The number of carboxylic acids is 1. The van der Waals surface area contributed by atoms with E-state index in [0.29, 0.717) is 0 Å². The molecule has 0 bridgehead atoms. The van der Waals surface area contributed by atoms with Crippen LogP contribution in [0.5, 0.6) is 0 Å². The van der Waals surface area contributed by atoms with Crippen molar-refractivity contribution >= 4 is 39.9 Å². The number of nitrogens with one attached hydrogen (secondary N) is 1. The van der Waals surface area contributed by atoms with Crippen LogP contribution in [-0.4, -0.2) is 16.1 Å². The molecule has 0 amide bonds. The third-order valence-electron chi connectivity index (χ3n) is 2.12. The molecule has 0 unspecified atom stereocenters. The number of aromatic carboxylic acids is 1. The van der Waals surface area contributed by atoms with Crippen molar-refractivity contribution in [1.82, 2.24) is 4.98 Å². The zero-order chi connectivity index (χ0) is 12.3. The number of carbonyl (C=O) groups is 1. The first-order valence-corrected chi connectivity index (χ1v) is 5.95. The number of aromatic nitrogens is 1. The Balaban J connectivity index is 2.13. The maximum absolute atomic E-state index is 10.6. The number of carboxylic acid groups (broad SMARTS) is 1. The summed E-state index contributed by atoms with van der Waals surface area (Å²) in [4.78, 5) is 14.5. The fourth-order valence-electron chi connectivity index (χ4n) is 1.29. The third kappa shape index (κ3) is 3.16. The van der Waals surface area contributed by atoms with Crippen LogP contribution >= 0.6 is 22.6 Å². The van der Waals surface area contributed by atoms with Crippen LogP contribution in [0.2, 0.25) is 0 Å². The van der Waals surface area contributed by atoms with E-state index in [-0.39, 0.29) is 5.69 Å². The molecule has 0 aliphatic carbocycles.